The lowest BCUT2D eigenvalue weighted by Gasteiger charge is -2.32. The molecule has 1 N–H and O–H groups in total. The predicted octanol–water partition coefficient (Wildman–Crippen LogP) is 3.86. The SMILES string of the molecule is CCCn1ncc(CN2CCC[C@H](c3cc4cccnc4[nH]3)C2)c1C. The van der Waals surface area contributed by atoms with E-state index in [2.05, 4.69) is 56.8 Å². The molecule has 132 valence electrons. The monoisotopic (exact) mass is 337 g/mol. The standard InChI is InChI=1S/C20H27N5/c1-3-9-25-15(2)18(12-22-25)14-24-10-5-7-17(13-24)19-11-16-6-4-8-21-20(16)23-19/h4,6,8,11-12,17H,3,5,7,9-10,13-14H2,1-2H3,(H,21,23)/t17-/m0/s1. The summed E-state index contributed by atoms with van der Waals surface area (Å²) >= 11 is 0. The summed E-state index contributed by atoms with van der Waals surface area (Å²) in [7, 11) is 0. The van der Waals surface area contributed by atoms with Gasteiger partial charge >= 0.3 is 0 Å². The van der Waals surface area contributed by atoms with E-state index in [0.717, 1.165) is 31.7 Å². The van der Waals surface area contributed by atoms with Crippen molar-refractivity contribution in [3.8, 4) is 0 Å². The molecule has 4 rings (SSSR count). The van der Waals surface area contributed by atoms with E-state index in [-0.39, 0.29) is 0 Å². The number of aromatic nitrogens is 4. The number of rotatable bonds is 5. The van der Waals surface area contributed by atoms with Gasteiger partial charge in [0.05, 0.1) is 6.20 Å². The van der Waals surface area contributed by atoms with E-state index in [0.29, 0.717) is 5.92 Å². The quantitative estimate of drug-likeness (QED) is 0.769. The van der Waals surface area contributed by atoms with E-state index < -0.39 is 0 Å². The van der Waals surface area contributed by atoms with Crippen LogP contribution >= 0.6 is 0 Å². The second kappa shape index (κ2) is 7.00. The first-order valence-corrected chi connectivity index (χ1v) is 9.42. The lowest BCUT2D eigenvalue weighted by atomic mass is 9.94. The fraction of sp³-hybridized carbons (Fsp3) is 0.500. The first-order chi connectivity index (χ1) is 12.2. The van der Waals surface area contributed by atoms with Crippen LogP contribution in [0, 0.1) is 6.92 Å². The minimum Gasteiger partial charge on any atom is -0.343 e. The van der Waals surface area contributed by atoms with Crippen molar-refractivity contribution >= 4 is 11.0 Å². The molecular formula is C20H27N5. The van der Waals surface area contributed by atoms with E-state index in [1.54, 1.807) is 0 Å². The predicted molar refractivity (Wildman–Crippen MR) is 101 cm³/mol. The van der Waals surface area contributed by atoms with Crippen LogP contribution in [0.1, 0.15) is 49.1 Å². The summed E-state index contributed by atoms with van der Waals surface area (Å²) in [5.41, 5.74) is 5.02. The van der Waals surface area contributed by atoms with Gasteiger partial charge in [-0.15, -0.1) is 0 Å². The molecule has 0 aromatic carbocycles. The summed E-state index contributed by atoms with van der Waals surface area (Å²) in [6.45, 7) is 8.69. The Balaban J connectivity index is 1.47. The topological polar surface area (TPSA) is 49.7 Å². The maximum absolute atomic E-state index is 4.55. The van der Waals surface area contributed by atoms with Crippen molar-refractivity contribution in [3.05, 3.63) is 47.5 Å². The average Bonchev–Trinajstić information content (AvgIpc) is 3.21. The molecule has 5 heteroatoms. The van der Waals surface area contributed by atoms with Crippen molar-refractivity contribution in [2.24, 2.45) is 0 Å². The molecule has 3 aromatic heterocycles. The Morgan fingerprint density at radius 3 is 3.12 bits per heavy atom. The fourth-order valence-electron chi connectivity index (χ4n) is 3.97. The number of hydrogen-bond acceptors (Lipinski definition) is 3. The highest BCUT2D eigenvalue weighted by molar-refractivity contribution is 5.76. The average molecular weight is 337 g/mol. The highest BCUT2D eigenvalue weighted by Crippen LogP contribution is 2.29. The van der Waals surface area contributed by atoms with Gasteiger partial charge in [0.25, 0.3) is 0 Å². The van der Waals surface area contributed by atoms with Crippen LogP contribution in [0.5, 0.6) is 0 Å². The van der Waals surface area contributed by atoms with Crippen LogP contribution in [0.15, 0.2) is 30.6 Å². The van der Waals surface area contributed by atoms with Gasteiger partial charge in [-0.25, -0.2) is 4.98 Å². The number of fused-ring (bicyclic) bond motifs is 1. The van der Waals surface area contributed by atoms with Crippen molar-refractivity contribution in [3.63, 3.8) is 0 Å². The third-order valence-corrected chi connectivity index (χ3v) is 5.39. The number of hydrogen-bond donors (Lipinski definition) is 1. The van der Waals surface area contributed by atoms with Gasteiger partial charge < -0.3 is 4.98 Å². The maximum atomic E-state index is 4.55. The molecule has 0 amide bonds. The van der Waals surface area contributed by atoms with E-state index in [1.807, 2.05) is 12.3 Å². The first-order valence-electron chi connectivity index (χ1n) is 9.42. The number of likely N-dealkylation sites (tertiary alicyclic amines) is 1. The molecule has 1 fully saturated rings. The summed E-state index contributed by atoms with van der Waals surface area (Å²) in [6, 6.07) is 6.42. The number of aromatic amines is 1. The van der Waals surface area contributed by atoms with Gasteiger partial charge in [-0.1, -0.05) is 6.92 Å². The molecule has 25 heavy (non-hydrogen) atoms. The Morgan fingerprint density at radius 1 is 1.36 bits per heavy atom. The molecule has 0 radical (unpaired) electrons. The van der Waals surface area contributed by atoms with Gasteiger partial charge in [-0.05, 0) is 50.9 Å². The van der Waals surface area contributed by atoms with Gasteiger partial charge in [-0.3, -0.25) is 9.58 Å². The molecule has 1 aliphatic rings. The molecule has 5 nitrogen and oxygen atoms in total. The Morgan fingerprint density at radius 2 is 2.28 bits per heavy atom. The van der Waals surface area contributed by atoms with Crippen LogP contribution in [-0.2, 0) is 13.1 Å². The van der Waals surface area contributed by atoms with Gasteiger partial charge in [0.15, 0.2) is 0 Å². The highest BCUT2D eigenvalue weighted by atomic mass is 15.3. The van der Waals surface area contributed by atoms with Crippen molar-refractivity contribution < 1.29 is 0 Å². The third kappa shape index (κ3) is 3.33. The van der Waals surface area contributed by atoms with Crippen LogP contribution < -0.4 is 0 Å². The Kier molecular flexibility index (Phi) is 4.57. The smallest absolute Gasteiger partial charge is 0.137 e. The zero-order valence-electron chi connectivity index (χ0n) is 15.2. The maximum Gasteiger partial charge on any atom is 0.137 e. The molecule has 0 saturated carbocycles. The van der Waals surface area contributed by atoms with E-state index in [9.17, 15) is 0 Å². The van der Waals surface area contributed by atoms with Crippen LogP contribution in [0.2, 0.25) is 0 Å². The molecule has 4 heterocycles. The van der Waals surface area contributed by atoms with Crippen molar-refractivity contribution in [1.29, 1.82) is 0 Å². The van der Waals surface area contributed by atoms with Gasteiger partial charge in [0.2, 0.25) is 0 Å². The van der Waals surface area contributed by atoms with Crippen molar-refractivity contribution in [1.82, 2.24) is 24.6 Å². The van der Waals surface area contributed by atoms with Gasteiger partial charge in [0.1, 0.15) is 5.65 Å². The van der Waals surface area contributed by atoms with Gasteiger partial charge in [0, 0.05) is 54.1 Å². The lowest BCUT2D eigenvalue weighted by Crippen LogP contribution is -2.34. The summed E-state index contributed by atoms with van der Waals surface area (Å²) < 4.78 is 2.14. The van der Waals surface area contributed by atoms with Crippen LogP contribution in [0.4, 0.5) is 0 Å². The first kappa shape index (κ1) is 16.3. The number of pyridine rings is 1. The number of aryl methyl sites for hydroxylation is 1. The normalized spacial score (nSPS) is 18.9. The summed E-state index contributed by atoms with van der Waals surface area (Å²) in [4.78, 5) is 10.5. The number of nitrogens with one attached hydrogen (secondary N) is 1. The fourth-order valence-corrected chi connectivity index (χ4v) is 3.97. The minimum atomic E-state index is 0.564. The van der Waals surface area contributed by atoms with E-state index in [1.165, 1.54) is 41.7 Å². The minimum absolute atomic E-state index is 0.564. The highest BCUT2D eigenvalue weighted by Gasteiger charge is 2.23. The molecule has 0 bridgehead atoms. The summed E-state index contributed by atoms with van der Waals surface area (Å²) in [5, 5.41) is 5.77. The second-order valence-electron chi connectivity index (χ2n) is 7.22. The number of H-pyrrole nitrogens is 1. The summed E-state index contributed by atoms with van der Waals surface area (Å²) in [6.07, 6.45) is 7.53. The molecule has 3 aromatic rings. The zero-order chi connectivity index (χ0) is 17.2. The van der Waals surface area contributed by atoms with Crippen LogP contribution in [0.3, 0.4) is 0 Å². The van der Waals surface area contributed by atoms with Crippen molar-refractivity contribution in [2.75, 3.05) is 13.1 Å². The molecule has 1 aliphatic heterocycles. The van der Waals surface area contributed by atoms with Gasteiger partial charge in [-0.2, -0.15) is 5.10 Å². The molecule has 0 unspecified atom stereocenters. The van der Waals surface area contributed by atoms with Crippen molar-refractivity contribution in [2.45, 2.75) is 52.1 Å². The zero-order valence-corrected chi connectivity index (χ0v) is 15.2. The number of nitrogens with zero attached hydrogens (tertiary/aromatic N) is 4. The summed E-state index contributed by atoms with van der Waals surface area (Å²) in [5.74, 6) is 0.564. The third-order valence-electron chi connectivity index (χ3n) is 5.39. The Bertz CT molecular complexity index is 814. The van der Waals surface area contributed by atoms with E-state index >= 15 is 0 Å². The van der Waals surface area contributed by atoms with Crippen LogP contribution in [-0.4, -0.2) is 37.7 Å². The second-order valence-corrected chi connectivity index (χ2v) is 7.22. The molecule has 1 atom stereocenters. The molecule has 1 saturated heterocycles. The Hall–Kier alpha value is -2.14. The lowest BCUT2D eigenvalue weighted by molar-refractivity contribution is 0.198. The van der Waals surface area contributed by atoms with Crippen LogP contribution in [0.25, 0.3) is 11.0 Å². The molecular weight excluding hydrogens is 310 g/mol. The largest absolute Gasteiger partial charge is 0.343 e. The molecule has 0 aliphatic carbocycles. The Labute approximate surface area is 149 Å². The number of piperidine rings is 1. The van der Waals surface area contributed by atoms with E-state index in [4.69, 9.17) is 0 Å². The molecule has 0 spiro atoms.